The van der Waals surface area contributed by atoms with E-state index in [-0.39, 0.29) is 5.91 Å². The Balaban J connectivity index is 1.88. The first-order valence-corrected chi connectivity index (χ1v) is 8.30. The standard InChI is InChI=1S/C16H22BrNO2/c1-12-6-8-16(20,9-7-12)11-18-15(19)14-4-2-13(10-17)3-5-14/h2-5,12,20H,6-11H2,1H3,(H,18,19). The average Bonchev–Trinajstić information content (AvgIpc) is 2.48. The van der Waals surface area contributed by atoms with Crippen LogP contribution in [0, 0.1) is 5.92 Å². The Morgan fingerprint density at radius 3 is 2.50 bits per heavy atom. The Bertz CT molecular complexity index is 450. The number of rotatable bonds is 4. The monoisotopic (exact) mass is 339 g/mol. The van der Waals surface area contributed by atoms with Crippen molar-refractivity contribution in [2.24, 2.45) is 5.92 Å². The summed E-state index contributed by atoms with van der Waals surface area (Å²) in [7, 11) is 0. The van der Waals surface area contributed by atoms with E-state index in [0.717, 1.165) is 36.6 Å². The number of benzene rings is 1. The second-order valence-electron chi connectivity index (χ2n) is 5.92. The number of amides is 1. The van der Waals surface area contributed by atoms with Gasteiger partial charge in [0.2, 0.25) is 0 Å². The van der Waals surface area contributed by atoms with Crippen LogP contribution in [0.1, 0.15) is 48.5 Å². The van der Waals surface area contributed by atoms with Crippen LogP contribution < -0.4 is 5.32 Å². The fourth-order valence-corrected chi connectivity index (χ4v) is 2.94. The second-order valence-corrected chi connectivity index (χ2v) is 6.48. The summed E-state index contributed by atoms with van der Waals surface area (Å²) in [5.41, 5.74) is 1.06. The predicted octanol–water partition coefficient (Wildman–Crippen LogP) is 3.25. The van der Waals surface area contributed by atoms with Crippen molar-refractivity contribution in [2.75, 3.05) is 6.54 Å². The molecular weight excluding hydrogens is 318 g/mol. The van der Waals surface area contributed by atoms with Crippen molar-refractivity contribution in [1.29, 1.82) is 0 Å². The Labute approximate surface area is 128 Å². The van der Waals surface area contributed by atoms with Gasteiger partial charge in [0.1, 0.15) is 0 Å². The fourth-order valence-electron chi connectivity index (χ4n) is 2.57. The van der Waals surface area contributed by atoms with Crippen molar-refractivity contribution < 1.29 is 9.90 Å². The first-order chi connectivity index (χ1) is 9.52. The molecule has 1 saturated carbocycles. The van der Waals surface area contributed by atoms with Crippen LogP contribution in [-0.2, 0) is 5.33 Å². The molecule has 2 rings (SSSR count). The van der Waals surface area contributed by atoms with Gasteiger partial charge in [0, 0.05) is 17.4 Å². The number of hydrogen-bond acceptors (Lipinski definition) is 2. The largest absolute Gasteiger partial charge is 0.388 e. The molecule has 1 aliphatic carbocycles. The van der Waals surface area contributed by atoms with Gasteiger partial charge in [-0.3, -0.25) is 4.79 Å². The molecule has 0 bridgehead atoms. The Morgan fingerprint density at radius 2 is 1.95 bits per heavy atom. The molecule has 20 heavy (non-hydrogen) atoms. The number of halogens is 1. The first kappa shape index (κ1) is 15.5. The zero-order chi connectivity index (χ0) is 14.6. The maximum absolute atomic E-state index is 12.1. The van der Waals surface area contributed by atoms with Crippen LogP contribution in [0.4, 0.5) is 0 Å². The molecule has 0 aliphatic heterocycles. The van der Waals surface area contributed by atoms with Gasteiger partial charge in [0.05, 0.1) is 5.60 Å². The van der Waals surface area contributed by atoms with E-state index in [0.29, 0.717) is 18.0 Å². The molecule has 0 radical (unpaired) electrons. The summed E-state index contributed by atoms with van der Waals surface area (Å²) < 4.78 is 0. The van der Waals surface area contributed by atoms with Gasteiger partial charge >= 0.3 is 0 Å². The van der Waals surface area contributed by atoms with Crippen LogP contribution in [0.5, 0.6) is 0 Å². The van der Waals surface area contributed by atoms with Crippen molar-refractivity contribution in [3.63, 3.8) is 0 Å². The lowest BCUT2D eigenvalue weighted by Gasteiger charge is -2.34. The number of aliphatic hydroxyl groups is 1. The quantitative estimate of drug-likeness (QED) is 0.827. The summed E-state index contributed by atoms with van der Waals surface area (Å²) in [4.78, 5) is 12.1. The van der Waals surface area contributed by atoms with Crippen LogP contribution >= 0.6 is 15.9 Å². The number of nitrogens with one attached hydrogen (secondary N) is 1. The van der Waals surface area contributed by atoms with E-state index < -0.39 is 5.60 Å². The van der Waals surface area contributed by atoms with E-state index in [2.05, 4.69) is 28.2 Å². The van der Waals surface area contributed by atoms with Crippen molar-refractivity contribution in [3.05, 3.63) is 35.4 Å². The highest BCUT2D eigenvalue weighted by Gasteiger charge is 2.32. The first-order valence-electron chi connectivity index (χ1n) is 7.18. The summed E-state index contributed by atoms with van der Waals surface area (Å²) in [5.74, 6) is 0.570. The third kappa shape index (κ3) is 4.06. The molecule has 1 aromatic carbocycles. The van der Waals surface area contributed by atoms with Crippen LogP contribution in [0.3, 0.4) is 0 Å². The highest BCUT2D eigenvalue weighted by molar-refractivity contribution is 9.08. The molecule has 1 aromatic rings. The third-order valence-electron chi connectivity index (χ3n) is 4.15. The SMILES string of the molecule is CC1CCC(O)(CNC(=O)c2ccc(CBr)cc2)CC1. The topological polar surface area (TPSA) is 49.3 Å². The van der Waals surface area contributed by atoms with Crippen LogP contribution in [0.2, 0.25) is 0 Å². The smallest absolute Gasteiger partial charge is 0.251 e. The van der Waals surface area contributed by atoms with Crippen molar-refractivity contribution in [3.8, 4) is 0 Å². The molecule has 4 heteroatoms. The third-order valence-corrected chi connectivity index (χ3v) is 4.80. The Kier molecular flexibility index (Phi) is 5.22. The van der Waals surface area contributed by atoms with Crippen molar-refractivity contribution in [1.82, 2.24) is 5.32 Å². The molecule has 0 aromatic heterocycles. The summed E-state index contributed by atoms with van der Waals surface area (Å²) in [6, 6.07) is 7.50. The number of carbonyl (C=O) groups is 1. The van der Waals surface area contributed by atoms with Gasteiger partial charge in [-0.2, -0.15) is 0 Å². The molecule has 2 N–H and O–H groups in total. The summed E-state index contributed by atoms with van der Waals surface area (Å²) in [5, 5.41) is 14.1. The molecule has 0 heterocycles. The van der Waals surface area contributed by atoms with Gasteiger partial charge in [0.25, 0.3) is 5.91 Å². The fraction of sp³-hybridized carbons (Fsp3) is 0.562. The van der Waals surface area contributed by atoms with Gasteiger partial charge in [-0.1, -0.05) is 35.0 Å². The lowest BCUT2D eigenvalue weighted by Crippen LogP contribution is -2.45. The minimum Gasteiger partial charge on any atom is -0.388 e. The Hall–Kier alpha value is -0.870. The van der Waals surface area contributed by atoms with Gasteiger partial charge in [-0.05, 0) is 49.3 Å². The van der Waals surface area contributed by atoms with E-state index in [1.54, 1.807) is 0 Å². The minimum absolute atomic E-state index is 0.113. The van der Waals surface area contributed by atoms with Crippen LogP contribution in [-0.4, -0.2) is 23.2 Å². The highest BCUT2D eigenvalue weighted by Crippen LogP contribution is 2.31. The number of hydrogen-bond donors (Lipinski definition) is 2. The lowest BCUT2D eigenvalue weighted by atomic mass is 9.79. The van der Waals surface area contributed by atoms with Crippen LogP contribution in [0.15, 0.2) is 24.3 Å². The average molecular weight is 340 g/mol. The zero-order valence-electron chi connectivity index (χ0n) is 11.9. The molecule has 110 valence electrons. The lowest BCUT2D eigenvalue weighted by molar-refractivity contribution is -0.00539. The zero-order valence-corrected chi connectivity index (χ0v) is 13.4. The van der Waals surface area contributed by atoms with Gasteiger partial charge in [0.15, 0.2) is 0 Å². The van der Waals surface area contributed by atoms with Gasteiger partial charge < -0.3 is 10.4 Å². The number of alkyl halides is 1. The highest BCUT2D eigenvalue weighted by atomic mass is 79.9. The summed E-state index contributed by atoms with van der Waals surface area (Å²) in [6.07, 6.45) is 3.62. The van der Waals surface area contributed by atoms with Crippen molar-refractivity contribution in [2.45, 2.75) is 43.5 Å². The predicted molar refractivity (Wildman–Crippen MR) is 84.0 cm³/mol. The molecule has 0 atom stereocenters. The molecule has 1 aliphatic rings. The van der Waals surface area contributed by atoms with E-state index in [1.165, 1.54) is 0 Å². The Morgan fingerprint density at radius 1 is 1.35 bits per heavy atom. The molecule has 3 nitrogen and oxygen atoms in total. The van der Waals surface area contributed by atoms with Crippen molar-refractivity contribution >= 4 is 21.8 Å². The molecule has 0 saturated heterocycles. The molecule has 0 unspecified atom stereocenters. The van der Waals surface area contributed by atoms with Gasteiger partial charge in [-0.15, -0.1) is 0 Å². The van der Waals surface area contributed by atoms with E-state index in [4.69, 9.17) is 0 Å². The summed E-state index contributed by atoms with van der Waals surface area (Å²) in [6.45, 7) is 2.56. The van der Waals surface area contributed by atoms with Gasteiger partial charge in [-0.25, -0.2) is 0 Å². The maximum atomic E-state index is 12.1. The molecule has 1 amide bonds. The van der Waals surface area contributed by atoms with E-state index in [1.807, 2.05) is 24.3 Å². The van der Waals surface area contributed by atoms with E-state index >= 15 is 0 Å². The molecule has 1 fully saturated rings. The molecular formula is C16H22BrNO2. The van der Waals surface area contributed by atoms with E-state index in [9.17, 15) is 9.90 Å². The summed E-state index contributed by atoms with van der Waals surface area (Å²) >= 11 is 3.38. The van der Waals surface area contributed by atoms with Crippen LogP contribution in [0.25, 0.3) is 0 Å². The molecule has 0 spiro atoms. The number of carbonyl (C=O) groups excluding carboxylic acids is 1. The maximum Gasteiger partial charge on any atom is 0.251 e. The second kappa shape index (κ2) is 6.72. The normalized spacial score (nSPS) is 26.2. The minimum atomic E-state index is -0.724.